The zero-order chi connectivity index (χ0) is 24.2. The SMILES string of the molecule is COc1ccc(NC(=O)c2nnn(-c3cc(Cl)cc(Cl)c3)c2CSc2nc(C)cc(C)n2)cc1. The first-order chi connectivity index (χ1) is 16.3. The van der Waals surface area contributed by atoms with Gasteiger partial charge in [0.1, 0.15) is 5.75 Å². The molecular formula is C23H20Cl2N6O2S. The molecule has 34 heavy (non-hydrogen) atoms. The Bertz CT molecular complexity index is 1300. The highest BCUT2D eigenvalue weighted by Crippen LogP contribution is 2.27. The van der Waals surface area contributed by atoms with Gasteiger partial charge in [-0.3, -0.25) is 4.79 Å². The van der Waals surface area contributed by atoms with Crippen molar-refractivity contribution in [3.05, 3.63) is 81.4 Å². The third kappa shape index (κ3) is 5.67. The van der Waals surface area contributed by atoms with Gasteiger partial charge in [-0.2, -0.15) is 0 Å². The quantitative estimate of drug-likeness (QED) is 0.255. The minimum atomic E-state index is -0.401. The van der Waals surface area contributed by atoms with Gasteiger partial charge in [0.15, 0.2) is 10.9 Å². The molecule has 4 aromatic rings. The van der Waals surface area contributed by atoms with Crippen molar-refractivity contribution < 1.29 is 9.53 Å². The number of hydrogen-bond acceptors (Lipinski definition) is 7. The number of amides is 1. The second-order valence-electron chi connectivity index (χ2n) is 7.33. The van der Waals surface area contributed by atoms with E-state index < -0.39 is 5.91 Å². The molecule has 4 rings (SSSR count). The van der Waals surface area contributed by atoms with E-state index in [0.717, 1.165) is 11.4 Å². The minimum Gasteiger partial charge on any atom is -0.497 e. The Morgan fingerprint density at radius 1 is 1.03 bits per heavy atom. The third-order valence-corrected chi connectivity index (χ3v) is 6.01. The molecule has 0 fully saturated rings. The van der Waals surface area contributed by atoms with Crippen molar-refractivity contribution in [3.63, 3.8) is 0 Å². The average Bonchev–Trinajstić information content (AvgIpc) is 3.21. The van der Waals surface area contributed by atoms with E-state index in [0.29, 0.717) is 43.8 Å². The number of rotatable bonds is 7. The van der Waals surface area contributed by atoms with E-state index in [9.17, 15) is 4.79 Å². The number of nitrogens with zero attached hydrogens (tertiary/aromatic N) is 5. The van der Waals surface area contributed by atoms with E-state index in [4.69, 9.17) is 27.9 Å². The van der Waals surface area contributed by atoms with E-state index >= 15 is 0 Å². The maximum absolute atomic E-state index is 13.1. The largest absolute Gasteiger partial charge is 0.497 e. The summed E-state index contributed by atoms with van der Waals surface area (Å²) in [7, 11) is 1.58. The van der Waals surface area contributed by atoms with Crippen LogP contribution in [0.15, 0.2) is 53.7 Å². The maximum atomic E-state index is 13.1. The van der Waals surface area contributed by atoms with Crippen LogP contribution in [0.3, 0.4) is 0 Å². The lowest BCUT2D eigenvalue weighted by atomic mass is 10.2. The second kappa shape index (κ2) is 10.4. The van der Waals surface area contributed by atoms with Gasteiger partial charge in [-0.15, -0.1) is 5.10 Å². The van der Waals surface area contributed by atoms with Crippen molar-refractivity contribution in [1.82, 2.24) is 25.0 Å². The lowest BCUT2D eigenvalue weighted by molar-refractivity contribution is 0.102. The molecule has 1 amide bonds. The van der Waals surface area contributed by atoms with Gasteiger partial charge in [0.25, 0.3) is 5.91 Å². The van der Waals surface area contributed by atoms with Gasteiger partial charge < -0.3 is 10.1 Å². The predicted octanol–water partition coefficient (Wildman–Crippen LogP) is 5.53. The van der Waals surface area contributed by atoms with Crippen molar-refractivity contribution >= 4 is 46.6 Å². The number of aryl methyl sites for hydroxylation is 2. The Morgan fingerprint density at radius 2 is 1.68 bits per heavy atom. The molecule has 0 saturated heterocycles. The van der Waals surface area contributed by atoms with Crippen molar-refractivity contribution in [2.45, 2.75) is 24.8 Å². The summed E-state index contributed by atoms with van der Waals surface area (Å²) in [5.74, 6) is 0.625. The maximum Gasteiger partial charge on any atom is 0.278 e. The number of carbonyl (C=O) groups excluding carboxylic acids is 1. The molecule has 2 aromatic carbocycles. The van der Waals surface area contributed by atoms with Crippen LogP contribution in [0, 0.1) is 13.8 Å². The molecule has 2 heterocycles. The smallest absolute Gasteiger partial charge is 0.278 e. The number of hydrogen-bond donors (Lipinski definition) is 1. The fourth-order valence-corrected chi connectivity index (χ4v) is 4.69. The van der Waals surface area contributed by atoms with Gasteiger partial charge in [0.2, 0.25) is 0 Å². The van der Waals surface area contributed by atoms with Crippen LogP contribution < -0.4 is 10.1 Å². The topological polar surface area (TPSA) is 94.8 Å². The highest BCUT2D eigenvalue weighted by Gasteiger charge is 2.22. The first kappa shape index (κ1) is 24.0. The summed E-state index contributed by atoms with van der Waals surface area (Å²) in [4.78, 5) is 22.1. The molecule has 0 radical (unpaired) electrons. The van der Waals surface area contributed by atoms with Gasteiger partial charge in [-0.25, -0.2) is 14.6 Å². The van der Waals surface area contributed by atoms with E-state index in [-0.39, 0.29) is 5.69 Å². The summed E-state index contributed by atoms with van der Waals surface area (Å²) in [6.07, 6.45) is 0. The van der Waals surface area contributed by atoms with Crippen LogP contribution in [0.1, 0.15) is 27.6 Å². The molecular weight excluding hydrogens is 495 g/mol. The monoisotopic (exact) mass is 514 g/mol. The molecule has 0 spiro atoms. The average molecular weight is 515 g/mol. The summed E-state index contributed by atoms with van der Waals surface area (Å²) >= 11 is 13.8. The lowest BCUT2D eigenvalue weighted by Gasteiger charge is -2.10. The third-order valence-electron chi connectivity index (χ3n) is 4.72. The van der Waals surface area contributed by atoms with Crippen molar-refractivity contribution in [3.8, 4) is 11.4 Å². The minimum absolute atomic E-state index is 0.170. The molecule has 2 aromatic heterocycles. The molecule has 0 aliphatic carbocycles. The predicted molar refractivity (Wildman–Crippen MR) is 133 cm³/mol. The fraction of sp³-hybridized carbons (Fsp3) is 0.174. The molecule has 1 N–H and O–H groups in total. The lowest BCUT2D eigenvalue weighted by Crippen LogP contribution is -2.15. The zero-order valence-corrected chi connectivity index (χ0v) is 20.9. The van der Waals surface area contributed by atoms with Crippen molar-refractivity contribution in [2.75, 3.05) is 12.4 Å². The number of anilines is 1. The molecule has 0 atom stereocenters. The Balaban J connectivity index is 1.68. The van der Waals surface area contributed by atoms with Gasteiger partial charge in [0, 0.05) is 32.9 Å². The summed E-state index contributed by atoms with van der Waals surface area (Å²) < 4.78 is 6.72. The highest BCUT2D eigenvalue weighted by molar-refractivity contribution is 7.98. The highest BCUT2D eigenvalue weighted by atomic mass is 35.5. The van der Waals surface area contributed by atoms with Crippen LogP contribution in [0.5, 0.6) is 5.75 Å². The van der Waals surface area contributed by atoms with Gasteiger partial charge in [0.05, 0.1) is 18.5 Å². The Labute approximate surface area is 210 Å². The molecule has 0 aliphatic rings. The van der Waals surface area contributed by atoms with E-state index in [1.165, 1.54) is 11.8 Å². The Morgan fingerprint density at radius 3 is 2.29 bits per heavy atom. The Kier molecular flexibility index (Phi) is 7.35. The second-order valence-corrected chi connectivity index (χ2v) is 9.14. The van der Waals surface area contributed by atoms with Crippen LogP contribution in [0.2, 0.25) is 10.0 Å². The van der Waals surface area contributed by atoms with Crippen molar-refractivity contribution in [2.24, 2.45) is 0 Å². The molecule has 174 valence electrons. The number of aromatic nitrogens is 5. The first-order valence-electron chi connectivity index (χ1n) is 10.1. The van der Waals surface area contributed by atoms with Crippen LogP contribution >= 0.6 is 35.0 Å². The molecule has 0 saturated carbocycles. The number of methoxy groups -OCH3 is 1. The van der Waals surface area contributed by atoms with E-state index in [1.54, 1.807) is 54.3 Å². The fourth-order valence-electron chi connectivity index (χ4n) is 3.23. The van der Waals surface area contributed by atoms with Crippen LogP contribution in [-0.2, 0) is 5.75 Å². The van der Waals surface area contributed by atoms with Crippen LogP contribution in [0.25, 0.3) is 5.69 Å². The molecule has 8 nitrogen and oxygen atoms in total. The molecule has 0 bridgehead atoms. The van der Waals surface area contributed by atoms with Gasteiger partial charge >= 0.3 is 0 Å². The van der Waals surface area contributed by atoms with Crippen LogP contribution in [0.4, 0.5) is 5.69 Å². The number of nitrogens with one attached hydrogen (secondary N) is 1. The van der Waals surface area contributed by atoms with E-state index in [2.05, 4.69) is 25.6 Å². The number of thioether (sulfide) groups is 1. The van der Waals surface area contributed by atoms with Crippen molar-refractivity contribution in [1.29, 1.82) is 0 Å². The number of halogens is 2. The summed E-state index contributed by atoms with van der Waals surface area (Å²) in [5.41, 5.74) is 3.63. The number of benzene rings is 2. The zero-order valence-electron chi connectivity index (χ0n) is 18.5. The number of ether oxygens (including phenoxy) is 1. The van der Waals surface area contributed by atoms with E-state index in [1.807, 2.05) is 19.9 Å². The summed E-state index contributed by atoms with van der Waals surface area (Å²) in [6.45, 7) is 3.82. The Hall–Kier alpha value is -3.14. The molecule has 11 heteroatoms. The summed E-state index contributed by atoms with van der Waals surface area (Å²) in [5, 5.41) is 12.7. The summed E-state index contributed by atoms with van der Waals surface area (Å²) in [6, 6.07) is 13.9. The molecule has 0 aliphatic heterocycles. The number of carbonyl (C=O) groups is 1. The van der Waals surface area contributed by atoms with Gasteiger partial charge in [-0.1, -0.05) is 40.2 Å². The first-order valence-corrected chi connectivity index (χ1v) is 11.9. The van der Waals surface area contributed by atoms with Crippen LogP contribution in [-0.4, -0.2) is 38.0 Å². The standard InChI is InChI=1S/C23H20Cl2N6O2S/c1-13-8-14(2)27-23(26-13)34-12-20-21(22(32)28-17-4-6-19(33-3)7-5-17)29-30-31(20)18-10-15(24)9-16(25)11-18/h4-11H,12H2,1-3H3,(H,28,32). The normalized spacial score (nSPS) is 10.9. The van der Waals surface area contributed by atoms with Gasteiger partial charge in [-0.05, 0) is 62.4 Å². The molecule has 0 unspecified atom stereocenters.